The number of carbonyl (C=O) groups excluding carboxylic acids is 1. The maximum atomic E-state index is 15.9. The largest absolute Gasteiger partial charge is 0.481 e. The smallest absolute Gasteiger partial charge is 0.316 e. The van der Waals surface area contributed by atoms with Crippen molar-refractivity contribution in [2.24, 2.45) is 11.7 Å². The minimum atomic E-state index is -1.40. The Morgan fingerprint density at radius 1 is 1.21 bits per heavy atom. The van der Waals surface area contributed by atoms with Gasteiger partial charge in [0.1, 0.15) is 11.6 Å². The zero-order valence-electron chi connectivity index (χ0n) is 17.9. The molecule has 10 heteroatoms. The van der Waals surface area contributed by atoms with Crippen LogP contribution < -0.4 is 21.3 Å². The summed E-state index contributed by atoms with van der Waals surface area (Å²) in [5.41, 5.74) is 13.0. The number of hydrogen-bond acceptors (Lipinski definition) is 6. The standard InChI is InChI=1S/C23H25F2N5O3/c24-16-18(27)14-8-15(23(32)33)22(31)30(13-3-4-13)20(14)17(25)21(16)29-7-5-12(10-29)19-11(9-26)2-1-6-28-19/h1-2,6,12-13,15H,3-5,7-10,26-27H2,(H,32,33). The first-order valence-electron chi connectivity index (χ1n) is 11.1. The summed E-state index contributed by atoms with van der Waals surface area (Å²) in [5.74, 6) is -5.23. The van der Waals surface area contributed by atoms with Gasteiger partial charge in [0.2, 0.25) is 5.91 Å². The maximum absolute atomic E-state index is 15.9. The van der Waals surface area contributed by atoms with Crippen LogP contribution in [0.4, 0.5) is 25.8 Å². The van der Waals surface area contributed by atoms with E-state index in [-0.39, 0.29) is 41.0 Å². The predicted octanol–water partition coefficient (Wildman–Crippen LogP) is 2.15. The summed E-state index contributed by atoms with van der Waals surface area (Å²) in [5, 5.41) is 9.49. The molecule has 2 unspecified atom stereocenters. The molecule has 174 valence electrons. The van der Waals surface area contributed by atoms with Gasteiger partial charge in [-0.15, -0.1) is 0 Å². The molecule has 1 saturated carbocycles. The van der Waals surface area contributed by atoms with Crippen molar-refractivity contribution in [2.75, 3.05) is 28.6 Å². The molecule has 0 radical (unpaired) electrons. The molecule has 1 saturated heterocycles. The van der Waals surface area contributed by atoms with Crippen LogP contribution in [0.15, 0.2) is 18.3 Å². The number of amides is 1. The highest BCUT2D eigenvalue weighted by molar-refractivity contribution is 6.10. The molecule has 1 amide bonds. The number of aliphatic carboxylic acids is 1. The van der Waals surface area contributed by atoms with E-state index in [0.29, 0.717) is 38.9 Å². The summed E-state index contributed by atoms with van der Waals surface area (Å²) in [4.78, 5) is 31.8. The summed E-state index contributed by atoms with van der Waals surface area (Å²) in [6.07, 6.45) is 3.25. The number of nitrogens with two attached hydrogens (primary N) is 2. The predicted molar refractivity (Wildman–Crippen MR) is 118 cm³/mol. The van der Waals surface area contributed by atoms with Gasteiger partial charge in [-0.25, -0.2) is 8.78 Å². The van der Waals surface area contributed by atoms with E-state index in [2.05, 4.69) is 4.98 Å². The highest BCUT2D eigenvalue weighted by atomic mass is 19.1. The van der Waals surface area contributed by atoms with Gasteiger partial charge in [0.25, 0.3) is 0 Å². The summed E-state index contributed by atoms with van der Waals surface area (Å²) in [6, 6.07) is 3.40. The summed E-state index contributed by atoms with van der Waals surface area (Å²) >= 11 is 0. The normalized spacial score (nSPS) is 22.6. The molecule has 1 aliphatic carbocycles. The van der Waals surface area contributed by atoms with Crippen molar-refractivity contribution in [3.63, 3.8) is 0 Å². The Morgan fingerprint density at radius 3 is 2.64 bits per heavy atom. The molecule has 0 bridgehead atoms. The van der Waals surface area contributed by atoms with E-state index in [1.807, 2.05) is 6.07 Å². The van der Waals surface area contributed by atoms with Crippen LogP contribution in [0.5, 0.6) is 0 Å². The summed E-state index contributed by atoms with van der Waals surface area (Å²) in [7, 11) is 0. The van der Waals surface area contributed by atoms with E-state index in [1.165, 1.54) is 4.90 Å². The first-order chi connectivity index (χ1) is 15.8. The van der Waals surface area contributed by atoms with Crippen LogP contribution in [0.25, 0.3) is 0 Å². The summed E-state index contributed by atoms with van der Waals surface area (Å²) in [6.45, 7) is 1.02. The van der Waals surface area contributed by atoms with Gasteiger partial charge in [-0.05, 0) is 37.3 Å². The van der Waals surface area contributed by atoms with Gasteiger partial charge in [-0.2, -0.15) is 0 Å². The Labute approximate surface area is 189 Å². The lowest BCUT2D eigenvalue weighted by molar-refractivity contribution is -0.146. The van der Waals surface area contributed by atoms with E-state index in [0.717, 1.165) is 11.3 Å². The average Bonchev–Trinajstić information content (AvgIpc) is 3.53. The van der Waals surface area contributed by atoms with Crippen molar-refractivity contribution in [3.8, 4) is 0 Å². The Hall–Kier alpha value is -3.27. The van der Waals surface area contributed by atoms with Gasteiger partial charge >= 0.3 is 5.97 Å². The Balaban J connectivity index is 1.56. The van der Waals surface area contributed by atoms with E-state index in [4.69, 9.17) is 11.5 Å². The van der Waals surface area contributed by atoms with Gasteiger partial charge in [0.05, 0.1) is 11.4 Å². The number of carbonyl (C=O) groups is 2. The number of anilines is 3. The highest BCUT2D eigenvalue weighted by Crippen LogP contribution is 2.48. The van der Waals surface area contributed by atoms with Gasteiger partial charge in [0.15, 0.2) is 11.6 Å². The Morgan fingerprint density at radius 2 is 1.97 bits per heavy atom. The molecule has 0 spiro atoms. The van der Waals surface area contributed by atoms with Gasteiger partial charge < -0.3 is 26.4 Å². The van der Waals surface area contributed by atoms with Crippen LogP contribution in [0.3, 0.4) is 0 Å². The third-order valence-corrected chi connectivity index (χ3v) is 6.90. The molecule has 8 nitrogen and oxygen atoms in total. The van der Waals surface area contributed by atoms with E-state index >= 15 is 8.78 Å². The number of nitrogen functional groups attached to an aromatic ring is 1. The first kappa shape index (κ1) is 21.6. The fraction of sp³-hybridized carbons (Fsp3) is 0.435. The molecule has 33 heavy (non-hydrogen) atoms. The molecular weight excluding hydrogens is 432 g/mol. The van der Waals surface area contributed by atoms with Crippen LogP contribution in [-0.2, 0) is 22.6 Å². The van der Waals surface area contributed by atoms with E-state index in [9.17, 15) is 14.7 Å². The maximum Gasteiger partial charge on any atom is 0.316 e. The quantitative estimate of drug-likeness (QED) is 0.464. The Kier molecular flexibility index (Phi) is 5.19. The number of nitrogens with zero attached hydrogens (tertiary/aromatic N) is 3. The molecule has 5 rings (SSSR count). The number of carboxylic acid groups (broad SMARTS) is 1. The minimum absolute atomic E-state index is 0.0542. The number of carboxylic acids is 1. The molecule has 1 aromatic heterocycles. The summed E-state index contributed by atoms with van der Waals surface area (Å²) < 4.78 is 31.4. The monoisotopic (exact) mass is 457 g/mol. The lowest BCUT2D eigenvalue weighted by Gasteiger charge is -2.35. The number of hydrogen-bond donors (Lipinski definition) is 3. The van der Waals surface area contributed by atoms with Crippen LogP contribution in [-0.4, -0.2) is 41.1 Å². The van der Waals surface area contributed by atoms with Crippen molar-refractivity contribution in [1.82, 2.24) is 4.98 Å². The molecule has 2 aliphatic heterocycles. The van der Waals surface area contributed by atoms with E-state index < -0.39 is 29.4 Å². The second-order valence-electron chi connectivity index (χ2n) is 8.94. The van der Waals surface area contributed by atoms with E-state index in [1.54, 1.807) is 17.2 Å². The lowest BCUT2D eigenvalue weighted by atomic mass is 9.89. The second kappa shape index (κ2) is 7.95. The third kappa shape index (κ3) is 3.40. The van der Waals surface area contributed by atoms with Crippen LogP contribution in [0.1, 0.15) is 42.0 Å². The molecule has 1 aromatic carbocycles. The lowest BCUT2D eigenvalue weighted by Crippen LogP contribution is -2.47. The zero-order valence-corrected chi connectivity index (χ0v) is 17.9. The molecular formula is C23H25F2N5O3. The fourth-order valence-corrected chi connectivity index (χ4v) is 5.10. The molecule has 5 N–H and O–H groups in total. The first-order valence-corrected chi connectivity index (χ1v) is 11.1. The number of fused-ring (bicyclic) bond motifs is 1. The topological polar surface area (TPSA) is 126 Å². The SMILES string of the molecule is NCc1cccnc1C1CCN(c2c(F)c(N)c3c(c2F)N(C2CC2)C(=O)C(C(=O)O)C3)C1. The van der Waals surface area contributed by atoms with Crippen molar-refractivity contribution in [3.05, 3.63) is 46.8 Å². The van der Waals surface area contributed by atoms with Crippen molar-refractivity contribution < 1.29 is 23.5 Å². The number of benzene rings is 1. The van der Waals surface area contributed by atoms with Gasteiger partial charge in [-0.3, -0.25) is 14.6 Å². The molecule has 3 aliphatic rings. The second-order valence-corrected chi connectivity index (χ2v) is 8.94. The average molecular weight is 457 g/mol. The van der Waals surface area contributed by atoms with Crippen molar-refractivity contribution >= 4 is 28.9 Å². The minimum Gasteiger partial charge on any atom is -0.481 e. The molecule has 2 atom stereocenters. The number of pyridine rings is 1. The van der Waals surface area contributed by atoms with Gasteiger partial charge in [-0.1, -0.05) is 6.07 Å². The molecule has 2 aromatic rings. The number of rotatable bonds is 5. The van der Waals surface area contributed by atoms with Gasteiger partial charge in [0, 0.05) is 49.0 Å². The number of halogens is 2. The van der Waals surface area contributed by atoms with Crippen LogP contribution >= 0.6 is 0 Å². The molecule has 2 fully saturated rings. The molecule has 3 heterocycles. The zero-order chi connectivity index (χ0) is 23.4. The third-order valence-electron chi connectivity index (χ3n) is 6.90. The number of aromatic nitrogens is 1. The highest BCUT2D eigenvalue weighted by Gasteiger charge is 2.47. The fourth-order valence-electron chi connectivity index (χ4n) is 5.10. The van der Waals surface area contributed by atoms with Crippen LogP contribution in [0.2, 0.25) is 0 Å². The van der Waals surface area contributed by atoms with Crippen LogP contribution in [0, 0.1) is 17.6 Å². The Bertz CT molecular complexity index is 1150. The van der Waals surface area contributed by atoms with Crippen molar-refractivity contribution in [2.45, 2.75) is 44.2 Å². The van der Waals surface area contributed by atoms with Crippen molar-refractivity contribution in [1.29, 1.82) is 0 Å².